The van der Waals surface area contributed by atoms with Gasteiger partial charge in [0.05, 0.1) is 6.61 Å². The molecule has 0 fully saturated rings. The van der Waals surface area contributed by atoms with Gasteiger partial charge in [-0.25, -0.2) is 4.57 Å². The number of aromatic nitrogens is 1. The van der Waals surface area contributed by atoms with Gasteiger partial charge in [-0.3, -0.25) is 0 Å². The summed E-state index contributed by atoms with van der Waals surface area (Å²) in [5.41, 5.74) is 4.02. The predicted molar refractivity (Wildman–Crippen MR) is 110 cm³/mol. The maximum atomic E-state index is 5.75. The number of hydrogen-bond acceptors (Lipinski definition) is 1. The Morgan fingerprint density at radius 3 is 2.04 bits per heavy atom. The molecule has 148 valence electrons. The first-order valence-electron chi connectivity index (χ1n) is 10.0. The van der Waals surface area contributed by atoms with E-state index in [9.17, 15) is 0 Å². The zero-order chi connectivity index (χ0) is 18.6. The quantitative estimate of drug-likeness (QED) is 0.359. The zero-order valence-electron chi connectivity index (χ0n) is 16.5. The minimum absolute atomic E-state index is 0. The number of pyridine rings is 1. The van der Waals surface area contributed by atoms with E-state index < -0.39 is 0 Å². The third-order valence-electron chi connectivity index (χ3n) is 4.74. The van der Waals surface area contributed by atoms with Gasteiger partial charge in [0.1, 0.15) is 0 Å². The summed E-state index contributed by atoms with van der Waals surface area (Å²) in [6.45, 7) is 2.52. The Bertz CT molecular complexity index is 777. The van der Waals surface area contributed by atoms with Crippen LogP contribution in [0.1, 0.15) is 42.4 Å². The molecule has 0 aliphatic carbocycles. The molecule has 3 heteroatoms. The molecule has 0 bridgehead atoms. The van der Waals surface area contributed by atoms with Gasteiger partial charge < -0.3 is 17.1 Å². The second-order valence-corrected chi connectivity index (χ2v) is 7.07. The molecule has 0 aliphatic rings. The van der Waals surface area contributed by atoms with Crippen LogP contribution >= 0.6 is 0 Å². The molecule has 0 N–H and O–H groups in total. The fourth-order valence-electron chi connectivity index (χ4n) is 3.27. The Labute approximate surface area is 175 Å². The minimum Gasteiger partial charge on any atom is -1.00 e. The standard InChI is InChI=1S/C25H30NO.ClH/c1(2-10-19-27-22-25-15-8-4-9-16-25)5-12-24-17-11-18-26(21-24)20-23-13-6-3-7-14-23;/h3-4,6-9,11,13-18,21H,1-2,5,10,12,19-20,22H2;1H/q+1;/p-1. The van der Waals surface area contributed by atoms with Crippen LogP contribution in [0.4, 0.5) is 0 Å². The lowest BCUT2D eigenvalue weighted by molar-refractivity contribution is -0.688. The molecule has 3 aromatic rings. The molecule has 3 rings (SSSR count). The second kappa shape index (κ2) is 13.1. The molecular weight excluding hydrogens is 366 g/mol. The highest BCUT2D eigenvalue weighted by Gasteiger charge is 2.04. The lowest BCUT2D eigenvalue weighted by Crippen LogP contribution is -3.00. The van der Waals surface area contributed by atoms with Crippen molar-refractivity contribution in [3.8, 4) is 0 Å². The molecule has 2 aromatic carbocycles. The Kier molecular flexibility index (Phi) is 10.3. The summed E-state index contributed by atoms with van der Waals surface area (Å²) in [6, 6.07) is 25.4. The summed E-state index contributed by atoms with van der Waals surface area (Å²) in [7, 11) is 0. The highest BCUT2D eigenvalue weighted by Crippen LogP contribution is 2.08. The molecule has 0 aliphatic heterocycles. The minimum atomic E-state index is 0. The molecule has 1 aromatic heterocycles. The van der Waals surface area contributed by atoms with Gasteiger partial charge in [-0.2, -0.15) is 0 Å². The number of unbranched alkanes of at least 4 members (excludes halogenated alkanes) is 3. The van der Waals surface area contributed by atoms with E-state index in [0.717, 1.165) is 32.6 Å². The van der Waals surface area contributed by atoms with E-state index in [1.54, 1.807) is 0 Å². The van der Waals surface area contributed by atoms with Crippen LogP contribution in [0.3, 0.4) is 0 Å². The normalized spacial score (nSPS) is 10.4. The van der Waals surface area contributed by atoms with Crippen molar-refractivity contribution in [3.63, 3.8) is 0 Å². The third kappa shape index (κ3) is 8.24. The van der Waals surface area contributed by atoms with E-state index in [1.807, 2.05) is 6.07 Å². The largest absolute Gasteiger partial charge is 1.00 e. The molecule has 1 heterocycles. The van der Waals surface area contributed by atoms with Gasteiger partial charge >= 0.3 is 0 Å². The summed E-state index contributed by atoms with van der Waals surface area (Å²) >= 11 is 0. The number of aryl methyl sites for hydroxylation is 1. The summed E-state index contributed by atoms with van der Waals surface area (Å²) in [4.78, 5) is 0. The van der Waals surface area contributed by atoms with Gasteiger partial charge in [-0.15, -0.1) is 0 Å². The number of benzene rings is 2. The molecule has 2 nitrogen and oxygen atoms in total. The third-order valence-corrected chi connectivity index (χ3v) is 4.74. The lowest BCUT2D eigenvalue weighted by atomic mass is 10.1. The van der Waals surface area contributed by atoms with Crippen LogP contribution in [0.5, 0.6) is 0 Å². The van der Waals surface area contributed by atoms with Crippen LogP contribution in [-0.2, 0) is 24.3 Å². The van der Waals surface area contributed by atoms with Crippen LogP contribution < -0.4 is 17.0 Å². The average Bonchev–Trinajstić information content (AvgIpc) is 2.72. The van der Waals surface area contributed by atoms with Gasteiger partial charge in [-0.05, 0) is 30.9 Å². The smallest absolute Gasteiger partial charge is 0.173 e. The highest BCUT2D eigenvalue weighted by atomic mass is 35.5. The Morgan fingerprint density at radius 1 is 0.643 bits per heavy atom. The maximum Gasteiger partial charge on any atom is 0.173 e. The van der Waals surface area contributed by atoms with Crippen molar-refractivity contribution in [3.05, 3.63) is 102 Å². The van der Waals surface area contributed by atoms with Gasteiger partial charge in [0.2, 0.25) is 0 Å². The first kappa shape index (κ1) is 22.1. The van der Waals surface area contributed by atoms with E-state index in [1.165, 1.54) is 36.0 Å². The molecule has 0 amide bonds. The van der Waals surface area contributed by atoms with Crippen molar-refractivity contribution in [1.82, 2.24) is 0 Å². The zero-order valence-corrected chi connectivity index (χ0v) is 17.2. The van der Waals surface area contributed by atoms with Gasteiger partial charge in [0.25, 0.3) is 0 Å². The Balaban J connectivity index is 0.00000280. The summed E-state index contributed by atoms with van der Waals surface area (Å²) in [6.07, 6.45) is 10.5. The molecule has 0 atom stereocenters. The molecule has 28 heavy (non-hydrogen) atoms. The van der Waals surface area contributed by atoms with Crippen molar-refractivity contribution >= 4 is 0 Å². The maximum absolute atomic E-state index is 5.75. The molecule has 0 radical (unpaired) electrons. The van der Waals surface area contributed by atoms with Crippen LogP contribution in [0.15, 0.2) is 85.2 Å². The fraction of sp³-hybridized carbons (Fsp3) is 0.320. The van der Waals surface area contributed by atoms with Crippen molar-refractivity contribution in [1.29, 1.82) is 0 Å². The lowest BCUT2D eigenvalue weighted by Gasteiger charge is -2.05. The first-order valence-corrected chi connectivity index (χ1v) is 10.0. The molecule has 0 unspecified atom stereocenters. The summed E-state index contributed by atoms with van der Waals surface area (Å²) in [5, 5.41) is 0. The van der Waals surface area contributed by atoms with Crippen molar-refractivity contribution in [2.24, 2.45) is 0 Å². The number of halogens is 1. The van der Waals surface area contributed by atoms with Crippen LogP contribution in [0, 0.1) is 0 Å². The Morgan fingerprint density at radius 2 is 1.29 bits per heavy atom. The van der Waals surface area contributed by atoms with Crippen molar-refractivity contribution in [2.75, 3.05) is 6.61 Å². The Hall–Kier alpha value is -2.16. The summed E-state index contributed by atoms with van der Waals surface area (Å²) < 4.78 is 8.03. The van der Waals surface area contributed by atoms with Crippen molar-refractivity contribution in [2.45, 2.75) is 45.3 Å². The van der Waals surface area contributed by atoms with E-state index in [2.05, 4.69) is 83.7 Å². The van der Waals surface area contributed by atoms with Crippen LogP contribution in [0.25, 0.3) is 0 Å². The topological polar surface area (TPSA) is 13.1 Å². The highest BCUT2D eigenvalue weighted by molar-refractivity contribution is 5.14. The molecule has 0 saturated carbocycles. The van der Waals surface area contributed by atoms with E-state index in [4.69, 9.17) is 4.74 Å². The average molecular weight is 396 g/mol. The van der Waals surface area contributed by atoms with E-state index in [0.29, 0.717) is 0 Å². The number of rotatable bonds is 11. The SMILES string of the molecule is [Cl-].c1ccc(COCCCCCCc2ccc[n+](Cc3ccccc3)c2)cc1. The predicted octanol–water partition coefficient (Wildman–Crippen LogP) is 2.35. The first-order chi connectivity index (χ1) is 13.4. The second-order valence-electron chi connectivity index (χ2n) is 7.07. The monoisotopic (exact) mass is 395 g/mol. The fourth-order valence-corrected chi connectivity index (χ4v) is 3.27. The van der Waals surface area contributed by atoms with Gasteiger partial charge in [0.15, 0.2) is 18.9 Å². The van der Waals surface area contributed by atoms with Crippen LogP contribution in [0.2, 0.25) is 0 Å². The number of hydrogen-bond donors (Lipinski definition) is 0. The van der Waals surface area contributed by atoms with E-state index in [-0.39, 0.29) is 12.4 Å². The molecule has 0 saturated heterocycles. The number of ether oxygens (including phenoxy) is 1. The van der Waals surface area contributed by atoms with Crippen molar-refractivity contribution < 1.29 is 21.7 Å². The molecule has 0 spiro atoms. The number of nitrogens with zero attached hydrogens (tertiary/aromatic N) is 1. The van der Waals surface area contributed by atoms with Gasteiger partial charge in [0, 0.05) is 23.8 Å². The summed E-state index contributed by atoms with van der Waals surface area (Å²) in [5.74, 6) is 0. The van der Waals surface area contributed by atoms with E-state index >= 15 is 0 Å². The van der Waals surface area contributed by atoms with Gasteiger partial charge in [-0.1, -0.05) is 73.5 Å². The molecular formula is C25H30ClNO. The van der Waals surface area contributed by atoms with Crippen LogP contribution in [-0.4, -0.2) is 6.61 Å².